The number of carbonyl (C=O) groups is 4. The minimum absolute atomic E-state index is 0.158. The number of hydrazine groups is 1. The van der Waals surface area contributed by atoms with Crippen LogP contribution in [0.2, 0.25) is 0 Å². The number of esters is 1. The van der Waals surface area contributed by atoms with Gasteiger partial charge in [0.2, 0.25) is 11.8 Å². The number of allylic oxidation sites excluding steroid dienone is 1. The second kappa shape index (κ2) is 15.9. The molecule has 5 atom stereocenters. The van der Waals surface area contributed by atoms with E-state index in [0.717, 1.165) is 0 Å². The van der Waals surface area contributed by atoms with Crippen molar-refractivity contribution >= 4 is 23.7 Å². The summed E-state index contributed by atoms with van der Waals surface area (Å²) in [5, 5.41) is 6.72. The van der Waals surface area contributed by atoms with Crippen molar-refractivity contribution in [1.29, 1.82) is 0 Å². The Morgan fingerprint density at radius 2 is 1.80 bits per heavy atom. The third-order valence-electron chi connectivity index (χ3n) is 6.75. The number of halogens is 1. The molecule has 0 spiro atoms. The van der Waals surface area contributed by atoms with Crippen molar-refractivity contribution in [2.24, 2.45) is 11.8 Å². The number of hydrogen-bond donors (Lipinski definition) is 3. The summed E-state index contributed by atoms with van der Waals surface area (Å²) in [4.78, 5) is 51.5. The van der Waals surface area contributed by atoms with Gasteiger partial charge in [-0.05, 0) is 57.2 Å². The molecule has 3 amide bonds. The molecule has 1 aromatic carbocycles. The van der Waals surface area contributed by atoms with Gasteiger partial charge in [0.15, 0.2) is 0 Å². The summed E-state index contributed by atoms with van der Waals surface area (Å²) >= 11 is 0. The van der Waals surface area contributed by atoms with Crippen LogP contribution in [-0.4, -0.2) is 60.0 Å². The second-order valence-corrected chi connectivity index (χ2v) is 10.6. The van der Waals surface area contributed by atoms with Crippen LogP contribution in [0.4, 0.5) is 4.39 Å². The fraction of sp³-hybridized carbons (Fsp3) is 0.533. The summed E-state index contributed by atoms with van der Waals surface area (Å²) in [5.74, 6) is -2.53. The van der Waals surface area contributed by atoms with Crippen molar-refractivity contribution in [1.82, 2.24) is 21.1 Å². The number of nitrogens with one attached hydrogen (secondary N) is 3. The van der Waals surface area contributed by atoms with Crippen LogP contribution in [0.25, 0.3) is 0 Å². The van der Waals surface area contributed by atoms with Gasteiger partial charge in [0.05, 0.1) is 0 Å². The zero-order chi connectivity index (χ0) is 30.7. The first-order chi connectivity index (χ1) is 19.4. The lowest BCUT2D eigenvalue weighted by Crippen LogP contribution is -2.61. The van der Waals surface area contributed by atoms with Crippen molar-refractivity contribution < 1.29 is 33.0 Å². The molecule has 1 fully saturated rings. The normalized spacial score (nSPS) is 17.9. The van der Waals surface area contributed by atoms with Gasteiger partial charge in [0, 0.05) is 18.0 Å². The molecule has 0 aliphatic carbocycles. The minimum atomic E-state index is -0.931. The summed E-state index contributed by atoms with van der Waals surface area (Å²) < 4.78 is 25.4. The quantitative estimate of drug-likeness (QED) is 0.230. The van der Waals surface area contributed by atoms with Gasteiger partial charge >= 0.3 is 5.97 Å². The molecule has 1 aliphatic rings. The SMILES string of the molecule is C=CCOc1ccc(F)c(C(C)OC(=O)C2CCCN(C(=O)C(C)NC(=O)C(NC(=O)C(C)CC=C)C(C)C)N2)c1. The van der Waals surface area contributed by atoms with Gasteiger partial charge in [-0.15, -0.1) is 6.58 Å². The van der Waals surface area contributed by atoms with Gasteiger partial charge in [-0.25, -0.2) is 9.82 Å². The third kappa shape index (κ3) is 9.70. The zero-order valence-electron chi connectivity index (χ0n) is 24.6. The summed E-state index contributed by atoms with van der Waals surface area (Å²) in [6, 6.07) is 1.59. The average molecular weight is 575 g/mol. The Morgan fingerprint density at radius 1 is 1.10 bits per heavy atom. The number of hydrogen-bond acceptors (Lipinski definition) is 7. The van der Waals surface area contributed by atoms with Gasteiger partial charge in [-0.2, -0.15) is 0 Å². The number of rotatable bonds is 14. The van der Waals surface area contributed by atoms with Crippen molar-refractivity contribution in [3.05, 3.63) is 54.9 Å². The predicted octanol–water partition coefficient (Wildman–Crippen LogP) is 3.35. The van der Waals surface area contributed by atoms with E-state index in [9.17, 15) is 23.6 Å². The molecule has 1 heterocycles. The molecular weight excluding hydrogens is 531 g/mol. The van der Waals surface area contributed by atoms with Gasteiger partial charge in [-0.1, -0.05) is 39.5 Å². The first kappa shape index (κ1) is 33.5. The molecule has 1 aromatic rings. The van der Waals surface area contributed by atoms with E-state index in [1.54, 1.807) is 39.8 Å². The van der Waals surface area contributed by atoms with Crippen LogP contribution in [0.15, 0.2) is 43.5 Å². The third-order valence-corrected chi connectivity index (χ3v) is 6.75. The molecule has 11 heteroatoms. The number of carbonyl (C=O) groups excluding carboxylic acids is 4. The molecule has 1 saturated heterocycles. The molecule has 2 rings (SSSR count). The average Bonchev–Trinajstić information content (AvgIpc) is 2.94. The molecule has 0 bridgehead atoms. The molecule has 10 nitrogen and oxygen atoms in total. The smallest absolute Gasteiger partial charge is 0.325 e. The predicted molar refractivity (Wildman–Crippen MR) is 153 cm³/mol. The van der Waals surface area contributed by atoms with Crippen LogP contribution in [0, 0.1) is 17.7 Å². The summed E-state index contributed by atoms with van der Waals surface area (Å²) in [7, 11) is 0. The van der Waals surface area contributed by atoms with Crippen LogP contribution in [-0.2, 0) is 23.9 Å². The Hall–Kier alpha value is -3.73. The van der Waals surface area contributed by atoms with Crippen molar-refractivity contribution in [2.45, 2.75) is 78.1 Å². The highest BCUT2D eigenvalue weighted by Gasteiger charge is 2.34. The fourth-order valence-electron chi connectivity index (χ4n) is 4.30. The van der Waals surface area contributed by atoms with Gasteiger partial charge in [0.25, 0.3) is 5.91 Å². The molecule has 3 N–H and O–H groups in total. The number of benzene rings is 1. The van der Waals surface area contributed by atoms with E-state index in [1.807, 2.05) is 0 Å². The first-order valence-corrected chi connectivity index (χ1v) is 13.9. The minimum Gasteiger partial charge on any atom is -0.490 e. The van der Waals surface area contributed by atoms with Gasteiger partial charge in [0.1, 0.15) is 42.4 Å². The Bertz CT molecular complexity index is 1110. The van der Waals surface area contributed by atoms with Gasteiger partial charge in [-0.3, -0.25) is 24.2 Å². The van der Waals surface area contributed by atoms with Crippen LogP contribution in [0.3, 0.4) is 0 Å². The molecule has 226 valence electrons. The van der Waals surface area contributed by atoms with E-state index in [-0.39, 0.29) is 29.9 Å². The summed E-state index contributed by atoms with van der Waals surface area (Å²) in [5.41, 5.74) is 3.04. The highest BCUT2D eigenvalue weighted by Crippen LogP contribution is 2.26. The van der Waals surface area contributed by atoms with E-state index >= 15 is 0 Å². The molecule has 0 aromatic heterocycles. The maximum absolute atomic E-state index is 14.4. The zero-order valence-corrected chi connectivity index (χ0v) is 24.6. The van der Waals surface area contributed by atoms with E-state index < -0.39 is 47.8 Å². The fourth-order valence-corrected chi connectivity index (χ4v) is 4.30. The molecular formula is C30H43FN4O6. The second-order valence-electron chi connectivity index (χ2n) is 10.6. The molecule has 1 aliphatic heterocycles. The lowest BCUT2D eigenvalue weighted by Gasteiger charge is -2.35. The highest BCUT2D eigenvalue weighted by molar-refractivity contribution is 5.92. The number of nitrogens with zero attached hydrogens (tertiary/aromatic N) is 1. The largest absolute Gasteiger partial charge is 0.490 e. The first-order valence-electron chi connectivity index (χ1n) is 13.9. The monoisotopic (exact) mass is 574 g/mol. The maximum atomic E-state index is 14.4. The van der Waals surface area contributed by atoms with Crippen molar-refractivity contribution in [2.75, 3.05) is 13.2 Å². The van der Waals surface area contributed by atoms with Crippen molar-refractivity contribution in [3.63, 3.8) is 0 Å². The Balaban J connectivity index is 1.99. The molecule has 0 radical (unpaired) electrons. The van der Waals surface area contributed by atoms with E-state index in [4.69, 9.17) is 9.47 Å². The summed E-state index contributed by atoms with van der Waals surface area (Å²) in [6.45, 7) is 16.2. The molecule has 41 heavy (non-hydrogen) atoms. The number of ether oxygens (including phenoxy) is 2. The molecule has 5 unspecified atom stereocenters. The Morgan fingerprint density at radius 3 is 2.44 bits per heavy atom. The topological polar surface area (TPSA) is 126 Å². The van der Waals surface area contributed by atoms with E-state index in [1.165, 1.54) is 30.1 Å². The maximum Gasteiger partial charge on any atom is 0.325 e. The Labute approximate surface area is 241 Å². The lowest BCUT2D eigenvalue weighted by molar-refractivity contribution is -0.157. The molecule has 0 saturated carbocycles. The van der Waals surface area contributed by atoms with E-state index in [2.05, 4.69) is 29.2 Å². The van der Waals surface area contributed by atoms with Crippen LogP contribution in [0.1, 0.15) is 65.5 Å². The van der Waals surface area contributed by atoms with Crippen LogP contribution in [0.5, 0.6) is 5.75 Å². The summed E-state index contributed by atoms with van der Waals surface area (Å²) in [6.07, 6.45) is 3.69. The van der Waals surface area contributed by atoms with Gasteiger partial charge < -0.3 is 20.1 Å². The van der Waals surface area contributed by atoms with E-state index in [0.29, 0.717) is 31.6 Å². The van der Waals surface area contributed by atoms with Crippen LogP contribution < -0.4 is 20.8 Å². The standard InChI is InChI=1S/C30H43FN4O6/c1-8-11-19(5)27(36)33-26(18(3)4)28(37)32-20(6)29(38)35-15-10-12-25(34-35)30(39)41-21(7)23-17-22(40-16-9-2)13-14-24(23)31/h8-9,13-14,17-21,25-26,34H,1-2,10-12,15-16H2,3-7H3,(H,32,37)(H,33,36). The Kier molecular flexibility index (Phi) is 13.0. The van der Waals surface area contributed by atoms with Crippen molar-refractivity contribution in [3.8, 4) is 5.75 Å². The number of amides is 3. The highest BCUT2D eigenvalue weighted by atomic mass is 19.1. The van der Waals surface area contributed by atoms with Crippen LogP contribution >= 0.6 is 0 Å². The lowest BCUT2D eigenvalue weighted by atomic mass is 10.0.